The Balaban J connectivity index is 0.992. The summed E-state index contributed by atoms with van der Waals surface area (Å²) in [6.07, 6.45) is 0. The number of furan rings is 1. The zero-order valence-corrected chi connectivity index (χ0v) is 34.3. The summed E-state index contributed by atoms with van der Waals surface area (Å²) in [6, 6.07) is 66.8. The van der Waals surface area contributed by atoms with Crippen LogP contribution in [0.15, 0.2) is 199 Å². The first-order valence-electron chi connectivity index (χ1n) is 20.8. The van der Waals surface area contributed by atoms with Crippen molar-refractivity contribution in [2.24, 2.45) is 0 Å². The lowest BCUT2D eigenvalue weighted by atomic mass is 10.0. The maximum atomic E-state index is 6.68. The molecule has 0 atom stereocenters. The van der Waals surface area contributed by atoms with Gasteiger partial charge in [-0.25, -0.2) is 15.0 Å². The minimum atomic E-state index is 0.534. The summed E-state index contributed by atoms with van der Waals surface area (Å²) in [5.41, 5.74) is 11.3. The number of aromatic nitrogens is 6. The van der Waals surface area contributed by atoms with Crippen molar-refractivity contribution < 1.29 is 4.42 Å². The molecule has 0 aliphatic heterocycles. The van der Waals surface area contributed by atoms with Crippen molar-refractivity contribution in [3.63, 3.8) is 0 Å². The number of rotatable bonds is 6. The van der Waals surface area contributed by atoms with Gasteiger partial charge in [-0.1, -0.05) is 152 Å². The highest BCUT2D eigenvalue weighted by Gasteiger charge is 2.22. The second-order valence-electron chi connectivity index (χ2n) is 15.6. The Morgan fingerprint density at radius 2 is 1.06 bits per heavy atom. The molecular formula is C55H32N6OS. The highest BCUT2D eigenvalue weighted by molar-refractivity contribution is 7.26. The number of benzene rings is 8. The Kier molecular flexibility index (Phi) is 7.94. The number of hydrogen-bond donors (Lipinski definition) is 0. The summed E-state index contributed by atoms with van der Waals surface area (Å²) in [4.78, 5) is 26.1. The minimum Gasteiger partial charge on any atom is -0.456 e. The molecule has 0 radical (unpaired) electrons. The molecule has 13 aromatic rings. The summed E-state index contributed by atoms with van der Waals surface area (Å²) < 4.78 is 11.1. The number of nitrogens with zero attached hydrogens (tertiary/aromatic N) is 6. The van der Waals surface area contributed by atoms with Gasteiger partial charge >= 0.3 is 0 Å². The van der Waals surface area contributed by atoms with Crippen molar-refractivity contribution in [3.05, 3.63) is 194 Å². The van der Waals surface area contributed by atoms with Crippen LogP contribution in [-0.2, 0) is 0 Å². The fourth-order valence-electron chi connectivity index (χ4n) is 8.96. The first kappa shape index (κ1) is 35.4. The van der Waals surface area contributed by atoms with Crippen LogP contribution in [0.5, 0.6) is 0 Å². The molecule has 5 heterocycles. The SMILES string of the molecule is c1ccc(-c2ccc3c(c2)c2ccccc2n3-c2nc(-c3ccccc3)nc(-c3ccc4c(c3)oc3cccc(-c5nc(-c6ccccc6)c6sc7ccccc7c6n5)c34)n2)cc1. The van der Waals surface area contributed by atoms with Crippen molar-refractivity contribution in [1.29, 1.82) is 0 Å². The summed E-state index contributed by atoms with van der Waals surface area (Å²) in [5, 5.41) is 5.29. The molecule has 8 heteroatoms. The average Bonchev–Trinajstić information content (AvgIpc) is 4.03. The Hall–Kier alpha value is -8.33. The van der Waals surface area contributed by atoms with Crippen LogP contribution in [0.3, 0.4) is 0 Å². The molecule has 13 rings (SSSR count). The van der Waals surface area contributed by atoms with Gasteiger partial charge in [0.15, 0.2) is 17.5 Å². The van der Waals surface area contributed by atoms with Crippen LogP contribution in [-0.4, -0.2) is 29.5 Å². The van der Waals surface area contributed by atoms with E-state index >= 15 is 0 Å². The first-order chi connectivity index (χ1) is 31.2. The molecule has 0 spiro atoms. The van der Waals surface area contributed by atoms with Crippen LogP contribution in [0.1, 0.15) is 0 Å². The topological polar surface area (TPSA) is 82.5 Å². The molecule has 0 amide bonds. The summed E-state index contributed by atoms with van der Waals surface area (Å²) >= 11 is 1.73. The van der Waals surface area contributed by atoms with Gasteiger partial charge in [0.05, 0.1) is 26.9 Å². The van der Waals surface area contributed by atoms with Gasteiger partial charge in [-0.3, -0.25) is 4.57 Å². The fraction of sp³-hybridized carbons (Fsp3) is 0. The molecule has 0 aliphatic carbocycles. The zero-order valence-electron chi connectivity index (χ0n) is 33.5. The summed E-state index contributed by atoms with van der Waals surface area (Å²) in [6.45, 7) is 0. The van der Waals surface area contributed by atoms with E-state index in [0.717, 1.165) is 87.3 Å². The smallest absolute Gasteiger partial charge is 0.238 e. The van der Waals surface area contributed by atoms with Crippen molar-refractivity contribution in [2.45, 2.75) is 0 Å². The third-order valence-corrected chi connectivity index (χ3v) is 13.1. The van der Waals surface area contributed by atoms with E-state index in [0.29, 0.717) is 29.0 Å². The van der Waals surface area contributed by atoms with Crippen molar-refractivity contribution in [2.75, 3.05) is 0 Å². The number of thiophene rings is 1. The van der Waals surface area contributed by atoms with Gasteiger partial charge in [0.1, 0.15) is 11.2 Å². The standard InChI is InChI=1S/C55H32N6OS/c1-4-15-33(16-5-1)36-28-30-44-42(31-36)38-21-10-12-24-43(38)61(44)55-59-52(35-19-8-3-9-20-35)58-53(60-55)37-27-29-39-46(32-37)62-45-25-14-23-41(48(39)45)54-56-49(34-17-6-2-7-18-34)51-50(57-54)40-22-11-13-26-47(40)63-51/h1-32H. The van der Waals surface area contributed by atoms with E-state index in [-0.39, 0.29) is 0 Å². The quantitative estimate of drug-likeness (QED) is 0.166. The molecule has 8 aromatic carbocycles. The molecule has 0 unspecified atom stereocenters. The van der Waals surface area contributed by atoms with E-state index < -0.39 is 0 Å². The van der Waals surface area contributed by atoms with E-state index in [1.807, 2.05) is 60.7 Å². The van der Waals surface area contributed by atoms with Crippen LogP contribution in [0, 0.1) is 0 Å². The molecule has 0 fully saturated rings. The lowest BCUT2D eigenvalue weighted by Gasteiger charge is -2.11. The molecule has 7 nitrogen and oxygen atoms in total. The van der Waals surface area contributed by atoms with Gasteiger partial charge < -0.3 is 4.42 Å². The zero-order chi connectivity index (χ0) is 41.4. The van der Waals surface area contributed by atoms with Crippen LogP contribution in [0.2, 0.25) is 0 Å². The first-order valence-corrected chi connectivity index (χ1v) is 21.6. The molecule has 5 aromatic heterocycles. The number of para-hydroxylation sites is 1. The van der Waals surface area contributed by atoms with E-state index in [4.69, 9.17) is 29.3 Å². The Morgan fingerprint density at radius 3 is 1.87 bits per heavy atom. The third-order valence-electron chi connectivity index (χ3n) is 11.9. The van der Waals surface area contributed by atoms with Crippen molar-refractivity contribution in [1.82, 2.24) is 29.5 Å². The Labute approximate surface area is 364 Å². The fourth-order valence-corrected chi connectivity index (χ4v) is 10.1. The molecule has 63 heavy (non-hydrogen) atoms. The second kappa shape index (κ2) is 14.1. The molecule has 0 bridgehead atoms. The van der Waals surface area contributed by atoms with E-state index in [1.165, 1.54) is 10.3 Å². The molecule has 0 saturated heterocycles. The maximum Gasteiger partial charge on any atom is 0.238 e. The molecule has 0 saturated carbocycles. The maximum absolute atomic E-state index is 6.68. The second-order valence-corrected chi connectivity index (χ2v) is 16.7. The lowest BCUT2D eigenvalue weighted by Crippen LogP contribution is -2.06. The van der Waals surface area contributed by atoms with Crippen molar-refractivity contribution >= 4 is 75.4 Å². The molecule has 294 valence electrons. The summed E-state index contributed by atoms with van der Waals surface area (Å²) in [5.74, 6) is 2.31. The largest absolute Gasteiger partial charge is 0.456 e. The molecule has 0 N–H and O–H groups in total. The predicted octanol–water partition coefficient (Wildman–Crippen LogP) is 14.4. The van der Waals surface area contributed by atoms with Gasteiger partial charge in [-0.05, 0) is 53.6 Å². The number of fused-ring (bicyclic) bond motifs is 9. The minimum absolute atomic E-state index is 0.534. The predicted molar refractivity (Wildman–Crippen MR) is 257 cm³/mol. The van der Waals surface area contributed by atoms with Crippen LogP contribution in [0.25, 0.3) is 127 Å². The monoisotopic (exact) mass is 824 g/mol. The molecular weight excluding hydrogens is 793 g/mol. The third kappa shape index (κ3) is 5.76. The highest BCUT2D eigenvalue weighted by atomic mass is 32.1. The van der Waals surface area contributed by atoms with Crippen LogP contribution >= 0.6 is 11.3 Å². The van der Waals surface area contributed by atoms with Crippen LogP contribution < -0.4 is 0 Å². The van der Waals surface area contributed by atoms with Gasteiger partial charge in [0, 0.05) is 53.9 Å². The Bertz CT molecular complexity index is 3910. The van der Waals surface area contributed by atoms with Gasteiger partial charge in [0.25, 0.3) is 0 Å². The molecule has 0 aliphatic rings. The number of hydrogen-bond acceptors (Lipinski definition) is 7. The van der Waals surface area contributed by atoms with E-state index in [9.17, 15) is 0 Å². The Morgan fingerprint density at radius 1 is 0.397 bits per heavy atom. The lowest BCUT2D eigenvalue weighted by molar-refractivity contribution is 0.669. The van der Waals surface area contributed by atoms with E-state index in [1.54, 1.807) is 11.3 Å². The average molecular weight is 825 g/mol. The summed E-state index contributed by atoms with van der Waals surface area (Å²) in [7, 11) is 0. The van der Waals surface area contributed by atoms with E-state index in [2.05, 4.69) is 138 Å². The van der Waals surface area contributed by atoms with Crippen LogP contribution in [0.4, 0.5) is 0 Å². The normalized spacial score (nSPS) is 11.8. The highest BCUT2D eigenvalue weighted by Crippen LogP contribution is 2.42. The van der Waals surface area contributed by atoms with Gasteiger partial charge in [-0.15, -0.1) is 11.3 Å². The van der Waals surface area contributed by atoms with Gasteiger partial charge in [0.2, 0.25) is 5.95 Å². The van der Waals surface area contributed by atoms with Crippen molar-refractivity contribution in [3.8, 4) is 62.5 Å². The van der Waals surface area contributed by atoms with Gasteiger partial charge in [-0.2, -0.15) is 9.97 Å².